The molecule has 0 bridgehead atoms. The van der Waals surface area contributed by atoms with Gasteiger partial charge in [0.2, 0.25) is 11.8 Å². The van der Waals surface area contributed by atoms with Gasteiger partial charge in [-0.2, -0.15) is 0 Å². The molecule has 2 N–H and O–H groups in total. The van der Waals surface area contributed by atoms with Gasteiger partial charge in [-0.1, -0.05) is 29.3 Å². The Morgan fingerprint density at radius 1 is 1.38 bits per heavy atom. The number of halogens is 1. The highest BCUT2D eigenvalue weighted by molar-refractivity contribution is 9.10. The summed E-state index contributed by atoms with van der Waals surface area (Å²) in [5.74, 6) is -0.0820. The first-order valence-electron chi connectivity index (χ1n) is 6.64. The van der Waals surface area contributed by atoms with Gasteiger partial charge in [0.05, 0.1) is 6.54 Å². The average Bonchev–Trinajstić information content (AvgIpc) is 2.92. The Balaban J connectivity index is 2.00. The molecule has 1 heterocycles. The molecule has 0 aliphatic rings. The maximum Gasteiger partial charge on any atom is 0.320 e. The van der Waals surface area contributed by atoms with E-state index in [1.807, 2.05) is 31.2 Å². The van der Waals surface area contributed by atoms with Gasteiger partial charge in [0.25, 0.3) is 0 Å². The number of carboxylic acid groups (broad SMARTS) is 1. The molecule has 2 aromatic rings. The lowest BCUT2D eigenvalue weighted by Gasteiger charge is -2.11. The minimum absolute atomic E-state index is 0.237. The average molecular weight is 354 g/mol. The highest BCUT2D eigenvalue weighted by atomic mass is 79.9. The lowest BCUT2D eigenvalue weighted by atomic mass is 10.2. The number of aromatic nitrogens is 2. The normalized spacial score (nSPS) is 12.3. The van der Waals surface area contributed by atoms with Crippen molar-refractivity contribution < 1.29 is 14.3 Å². The highest BCUT2D eigenvalue weighted by Crippen LogP contribution is 2.20. The summed E-state index contributed by atoms with van der Waals surface area (Å²) in [4.78, 5) is 11.0. The molecule has 0 saturated heterocycles. The third-order valence-electron chi connectivity index (χ3n) is 2.93. The molecule has 7 heteroatoms. The molecule has 1 aromatic heterocycles. The molecule has 2 rings (SSSR count). The Labute approximate surface area is 130 Å². The number of benzene rings is 1. The molecular weight excluding hydrogens is 338 g/mol. The number of aliphatic carboxylic acids is 1. The number of rotatable bonds is 7. The van der Waals surface area contributed by atoms with E-state index in [0.29, 0.717) is 18.2 Å². The van der Waals surface area contributed by atoms with Crippen molar-refractivity contribution in [3.05, 3.63) is 34.6 Å². The van der Waals surface area contributed by atoms with Crippen LogP contribution in [0.25, 0.3) is 11.5 Å². The van der Waals surface area contributed by atoms with Crippen LogP contribution < -0.4 is 5.32 Å². The molecule has 1 aromatic carbocycles. The van der Waals surface area contributed by atoms with Crippen LogP contribution in [0.1, 0.15) is 25.7 Å². The van der Waals surface area contributed by atoms with E-state index in [4.69, 9.17) is 9.52 Å². The summed E-state index contributed by atoms with van der Waals surface area (Å²) in [6, 6.07) is 6.91. The highest BCUT2D eigenvalue weighted by Gasteiger charge is 2.17. The van der Waals surface area contributed by atoms with Crippen LogP contribution in [-0.2, 0) is 11.3 Å². The number of carboxylic acids is 1. The van der Waals surface area contributed by atoms with Crippen molar-refractivity contribution in [1.29, 1.82) is 0 Å². The zero-order valence-electron chi connectivity index (χ0n) is 11.5. The molecule has 1 atom stereocenters. The second kappa shape index (κ2) is 7.33. The van der Waals surface area contributed by atoms with Gasteiger partial charge in [-0.05, 0) is 30.7 Å². The summed E-state index contributed by atoms with van der Waals surface area (Å²) in [5, 5.41) is 19.9. The molecule has 0 aliphatic heterocycles. The van der Waals surface area contributed by atoms with Gasteiger partial charge in [-0.25, -0.2) is 0 Å². The summed E-state index contributed by atoms with van der Waals surface area (Å²) >= 11 is 3.36. The number of nitrogens with one attached hydrogen (secondary N) is 1. The Morgan fingerprint density at radius 2 is 2.10 bits per heavy atom. The Hall–Kier alpha value is -1.73. The molecule has 0 aliphatic carbocycles. The van der Waals surface area contributed by atoms with Gasteiger partial charge in [0, 0.05) is 10.0 Å². The summed E-state index contributed by atoms with van der Waals surface area (Å²) in [6.07, 6.45) is 1.35. The van der Waals surface area contributed by atoms with E-state index in [-0.39, 0.29) is 6.54 Å². The monoisotopic (exact) mass is 353 g/mol. The summed E-state index contributed by atoms with van der Waals surface area (Å²) in [5.41, 5.74) is 0.820. The minimum Gasteiger partial charge on any atom is -0.480 e. The fourth-order valence-corrected chi connectivity index (χ4v) is 2.11. The number of nitrogens with zero attached hydrogens (tertiary/aromatic N) is 2. The first kappa shape index (κ1) is 15.7. The quantitative estimate of drug-likeness (QED) is 0.795. The molecule has 112 valence electrons. The fourth-order valence-electron chi connectivity index (χ4n) is 1.85. The molecule has 0 radical (unpaired) electrons. The second-order valence-electron chi connectivity index (χ2n) is 4.57. The number of hydrogen-bond donors (Lipinski definition) is 2. The largest absolute Gasteiger partial charge is 0.480 e. The fraction of sp³-hybridized carbons (Fsp3) is 0.357. The van der Waals surface area contributed by atoms with Crippen molar-refractivity contribution in [2.75, 3.05) is 0 Å². The van der Waals surface area contributed by atoms with Crippen molar-refractivity contribution in [3.63, 3.8) is 0 Å². The second-order valence-corrected chi connectivity index (χ2v) is 5.48. The van der Waals surface area contributed by atoms with Crippen molar-refractivity contribution in [1.82, 2.24) is 15.5 Å². The molecule has 21 heavy (non-hydrogen) atoms. The molecule has 1 unspecified atom stereocenters. The van der Waals surface area contributed by atoms with E-state index in [9.17, 15) is 4.79 Å². The topological polar surface area (TPSA) is 88.3 Å². The lowest BCUT2D eigenvalue weighted by molar-refractivity contribution is -0.139. The zero-order chi connectivity index (χ0) is 15.2. The third-order valence-corrected chi connectivity index (χ3v) is 3.46. The minimum atomic E-state index is -0.871. The first-order valence-corrected chi connectivity index (χ1v) is 7.44. The Kier molecular flexibility index (Phi) is 5.46. The smallest absolute Gasteiger partial charge is 0.320 e. The first-order chi connectivity index (χ1) is 10.1. The standard InChI is InChI=1S/C14H16BrN3O3/c1-2-3-11(14(19)20)16-8-12-17-18-13(21-12)9-4-6-10(15)7-5-9/h4-7,11,16H,2-3,8H2,1H3,(H,19,20). The predicted molar refractivity (Wildman–Crippen MR) is 80.6 cm³/mol. The summed E-state index contributed by atoms with van der Waals surface area (Å²) in [7, 11) is 0. The molecule has 0 amide bonds. The zero-order valence-corrected chi connectivity index (χ0v) is 13.1. The van der Waals surface area contributed by atoms with Gasteiger partial charge in [0.15, 0.2) is 0 Å². The molecule has 0 saturated carbocycles. The van der Waals surface area contributed by atoms with Crippen LogP contribution in [0.2, 0.25) is 0 Å². The van der Waals surface area contributed by atoms with E-state index in [1.54, 1.807) is 0 Å². The van der Waals surface area contributed by atoms with E-state index >= 15 is 0 Å². The van der Waals surface area contributed by atoms with Gasteiger partial charge in [0.1, 0.15) is 6.04 Å². The van der Waals surface area contributed by atoms with Gasteiger partial charge >= 0.3 is 5.97 Å². The van der Waals surface area contributed by atoms with Crippen LogP contribution in [0, 0.1) is 0 Å². The van der Waals surface area contributed by atoms with E-state index in [2.05, 4.69) is 31.4 Å². The van der Waals surface area contributed by atoms with Crippen LogP contribution in [0.3, 0.4) is 0 Å². The Morgan fingerprint density at radius 3 is 2.71 bits per heavy atom. The van der Waals surface area contributed by atoms with E-state index in [0.717, 1.165) is 16.5 Å². The maximum absolute atomic E-state index is 11.0. The maximum atomic E-state index is 11.0. The van der Waals surface area contributed by atoms with Crippen molar-refractivity contribution >= 4 is 21.9 Å². The van der Waals surface area contributed by atoms with Crippen molar-refractivity contribution in [2.24, 2.45) is 0 Å². The van der Waals surface area contributed by atoms with Crippen molar-refractivity contribution in [2.45, 2.75) is 32.4 Å². The van der Waals surface area contributed by atoms with Crippen LogP contribution in [0.5, 0.6) is 0 Å². The van der Waals surface area contributed by atoms with Crippen LogP contribution in [0.15, 0.2) is 33.2 Å². The summed E-state index contributed by atoms with van der Waals surface area (Å²) < 4.78 is 6.49. The number of hydrogen-bond acceptors (Lipinski definition) is 5. The van der Waals surface area contributed by atoms with Gasteiger partial charge in [-0.3, -0.25) is 10.1 Å². The third kappa shape index (κ3) is 4.37. The SMILES string of the molecule is CCCC(NCc1nnc(-c2ccc(Br)cc2)o1)C(=O)O. The van der Waals surface area contributed by atoms with Crippen molar-refractivity contribution in [3.8, 4) is 11.5 Å². The van der Waals surface area contributed by atoms with Gasteiger partial charge < -0.3 is 9.52 Å². The van der Waals surface area contributed by atoms with Crippen LogP contribution >= 0.6 is 15.9 Å². The van der Waals surface area contributed by atoms with Gasteiger partial charge in [-0.15, -0.1) is 10.2 Å². The molecular formula is C14H16BrN3O3. The van der Waals surface area contributed by atoms with Crippen LogP contribution in [0.4, 0.5) is 0 Å². The van der Waals surface area contributed by atoms with Crippen LogP contribution in [-0.4, -0.2) is 27.3 Å². The summed E-state index contributed by atoms with van der Waals surface area (Å²) in [6.45, 7) is 2.18. The predicted octanol–water partition coefficient (Wildman–Crippen LogP) is 2.84. The lowest BCUT2D eigenvalue weighted by Crippen LogP contribution is -2.36. The van der Waals surface area contributed by atoms with E-state index in [1.165, 1.54) is 0 Å². The molecule has 6 nitrogen and oxygen atoms in total. The molecule has 0 spiro atoms. The molecule has 0 fully saturated rings. The van der Waals surface area contributed by atoms with E-state index < -0.39 is 12.0 Å². The number of carbonyl (C=O) groups is 1. The Bertz CT molecular complexity index is 598.